The molecular formula is C20H22N4O4. The van der Waals surface area contributed by atoms with Crippen LogP contribution in [0.25, 0.3) is 11.0 Å². The first-order valence-corrected chi connectivity index (χ1v) is 9.14. The molecule has 1 fully saturated rings. The van der Waals surface area contributed by atoms with Crippen LogP contribution in [0.15, 0.2) is 47.3 Å². The van der Waals surface area contributed by atoms with Crippen molar-refractivity contribution in [2.24, 2.45) is 0 Å². The maximum atomic E-state index is 12.5. The monoisotopic (exact) mass is 382 g/mol. The van der Waals surface area contributed by atoms with Crippen molar-refractivity contribution in [1.82, 2.24) is 14.9 Å². The molecule has 28 heavy (non-hydrogen) atoms. The molecule has 146 valence electrons. The number of carbonyl (C=O) groups is 1. The first-order chi connectivity index (χ1) is 13.6. The number of nitrogens with zero attached hydrogens (tertiary/aromatic N) is 2. The Kier molecular flexibility index (Phi) is 4.92. The minimum Gasteiger partial charge on any atom is -0.493 e. The molecule has 1 aliphatic heterocycles. The van der Waals surface area contributed by atoms with E-state index in [2.05, 4.69) is 14.9 Å². The highest BCUT2D eigenvalue weighted by atomic mass is 16.5. The Bertz CT molecular complexity index is 1030. The fourth-order valence-electron chi connectivity index (χ4n) is 3.40. The molecule has 2 N–H and O–H groups in total. The summed E-state index contributed by atoms with van der Waals surface area (Å²) >= 11 is 0. The predicted molar refractivity (Wildman–Crippen MR) is 106 cm³/mol. The molecule has 1 aliphatic rings. The van der Waals surface area contributed by atoms with Gasteiger partial charge in [0.1, 0.15) is 0 Å². The van der Waals surface area contributed by atoms with Gasteiger partial charge in [-0.05, 0) is 30.3 Å². The number of imidazole rings is 1. The Morgan fingerprint density at radius 2 is 1.71 bits per heavy atom. The number of carbonyl (C=O) groups excluding carboxylic acids is 1. The highest BCUT2D eigenvalue weighted by Crippen LogP contribution is 2.26. The van der Waals surface area contributed by atoms with Gasteiger partial charge in [0.05, 0.1) is 18.1 Å². The van der Waals surface area contributed by atoms with E-state index in [9.17, 15) is 9.59 Å². The standard InChI is InChI=1S/C20H22N4O4/c1-27-17-4-2-3-5-18(17)28-13-19(25)24-10-8-23(9-11-24)14-6-7-15-16(12-14)22-20(26)21-15/h2-7,12H,8-11,13H2,1H3,(H2,21,22,26). The van der Waals surface area contributed by atoms with Gasteiger partial charge in [-0.25, -0.2) is 4.79 Å². The number of piperazine rings is 1. The number of aromatic nitrogens is 2. The van der Waals surface area contributed by atoms with Gasteiger partial charge in [-0.1, -0.05) is 12.1 Å². The Labute approximate surface area is 161 Å². The number of anilines is 1. The number of aromatic amines is 2. The largest absolute Gasteiger partial charge is 0.493 e. The summed E-state index contributed by atoms with van der Waals surface area (Å²) in [4.78, 5) is 33.4. The molecule has 0 spiro atoms. The van der Waals surface area contributed by atoms with E-state index in [0.29, 0.717) is 24.6 Å². The zero-order valence-corrected chi connectivity index (χ0v) is 15.6. The summed E-state index contributed by atoms with van der Waals surface area (Å²) in [5, 5.41) is 0. The third kappa shape index (κ3) is 3.66. The molecule has 0 radical (unpaired) electrons. The molecule has 8 heteroatoms. The van der Waals surface area contributed by atoms with Crippen LogP contribution in [0.1, 0.15) is 0 Å². The number of hydrogen-bond acceptors (Lipinski definition) is 5. The second-order valence-corrected chi connectivity index (χ2v) is 6.62. The van der Waals surface area contributed by atoms with E-state index < -0.39 is 0 Å². The number of ether oxygens (including phenoxy) is 2. The lowest BCUT2D eigenvalue weighted by Crippen LogP contribution is -2.50. The number of amides is 1. The Morgan fingerprint density at radius 3 is 2.46 bits per heavy atom. The molecule has 1 amide bonds. The van der Waals surface area contributed by atoms with Gasteiger partial charge < -0.3 is 29.2 Å². The van der Waals surface area contributed by atoms with Gasteiger partial charge in [-0.15, -0.1) is 0 Å². The molecule has 0 aliphatic carbocycles. The quantitative estimate of drug-likeness (QED) is 0.699. The molecule has 3 aromatic rings. The van der Waals surface area contributed by atoms with Gasteiger partial charge in [0.2, 0.25) is 0 Å². The molecule has 0 bridgehead atoms. The minimum absolute atomic E-state index is 0.0169. The Balaban J connectivity index is 1.34. The van der Waals surface area contributed by atoms with E-state index in [1.165, 1.54) is 0 Å². The van der Waals surface area contributed by atoms with Crippen molar-refractivity contribution < 1.29 is 14.3 Å². The number of rotatable bonds is 5. The number of hydrogen-bond donors (Lipinski definition) is 2. The van der Waals surface area contributed by atoms with Crippen molar-refractivity contribution in [3.63, 3.8) is 0 Å². The van der Waals surface area contributed by atoms with Crippen molar-refractivity contribution in [1.29, 1.82) is 0 Å². The highest BCUT2D eigenvalue weighted by Gasteiger charge is 2.22. The Morgan fingerprint density at radius 1 is 1.00 bits per heavy atom. The maximum Gasteiger partial charge on any atom is 0.323 e. The molecule has 0 unspecified atom stereocenters. The molecule has 1 aromatic heterocycles. The average molecular weight is 382 g/mol. The normalized spacial score (nSPS) is 14.3. The van der Waals surface area contributed by atoms with Crippen LogP contribution < -0.4 is 20.1 Å². The van der Waals surface area contributed by atoms with E-state index >= 15 is 0 Å². The predicted octanol–water partition coefficient (Wildman–Crippen LogP) is 1.59. The lowest BCUT2D eigenvalue weighted by Gasteiger charge is -2.36. The molecular weight excluding hydrogens is 360 g/mol. The fourth-order valence-corrected chi connectivity index (χ4v) is 3.40. The number of H-pyrrole nitrogens is 2. The van der Waals surface area contributed by atoms with Crippen molar-refractivity contribution in [2.45, 2.75) is 0 Å². The van der Waals surface area contributed by atoms with E-state index in [-0.39, 0.29) is 18.2 Å². The van der Waals surface area contributed by atoms with Gasteiger partial charge in [0.15, 0.2) is 18.1 Å². The zero-order chi connectivity index (χ0) is 19.5. The lowest BCUT2D eigenvalue weighted by atomic mass is 10.2. The smallest absolute Gasteiger partial charge is 0.323 e. The molecule has 2 aromatic carbocycles. The van der Waals surface area contributed by atoms with Crippen LogP contribution >= 0.6 is 0 Å². The Hall–Kier alpha value is -3.42. The van der Waals surface area contributed by atoms with E-state index in [1.807, 2.05) is 35.2 Å². The number of methoxy groups -OCH3 is 1. The zero-order valence-electron chi connectivity index (χ0n) is 15.6. The van der Waals surface area contributed by atoms with Crippen LogP contribution in [0.4, 0.5) is 5.69 Å². The lowest BCUT2D eigenvalue weighted by molar-refractivity contribution is -0.133. The SMILES string of the molecule is COc1ccccc1OCC(=O)N1CCN(c2ccc3[nH]c(=O)[nH]c3c2)CC1. The molecule has 0 saturated carbocycles. The maximum absolute atomic E-state index is 12.5. The van der Waals surface area contributed by atoms with Crippen molar-refractivity contribution >= 4 is 22.6 Å². The highest BCUT2D eigenvalue weighted by molar-refractivity contribution is 5.80. The first-order valence-electron chi connectivity index (χ1n) is 9.14. The number of nitrogens with one attached hydrogen (secondary N) is 2. The van der Waals surface area contributed by atoms with Crippen LogP contribution in [0.3, 0.4) is 0 Å². The van der Waals surface area contributed by atoms with E-state index in [4.69, 9.17) is 9.47 Å². The van der Waals surface area contributed by atoms with Crippen LogP contribution in [0, 0.1) is 0 Å². The summed E-state index contributed by atoms with van der Waals surface area (Å²) in [6.45, 7) is 2.67. The summed E-state index contributed by atoms with van der Waals surface area (Å²) in [5.41, 5.74) is 2.39. The number of benzene rings is 2. The molecule has 8 nitrogen and oxygen atoms in total. The summed E-state index contributed by atoms with van der Waals surface area (Å²) in [5.74, 6) is 1.13. The van der Waals surface area contributed by atoms with Crippen LogP contribution in [-0.4, -0.2) is 60.7 Å². The summed E-state index contributed by atoms with van der Waals surface area (Å²) in [6.07, 6.45) is 0. The van der Waals surface area contributed by atoms with Gasteiger partial charge in [-0.3, -0.25) is 4.79 Å². The van der Waals surface area contributed by atoms with E-state index in [0.717, 1.165) is 29.8 Å². The van der Waals surface area contributed by atoms with Gasteiger partial charge in [0.25, 0.3) is 5.91 Å². The van der Waals surface area contributed by atoms with Crippen LogP contribution in [0.2, 0.25) is 0 Å². The second-order valence-electron chi connectivity index (χ2n) is 6.62. The summed E-state index contributed by atoms with van der Waals surface area (Å²) < 4.78 is 10.9. The number of para-hydroxylation sites is 2. The second kappa shape index (κ2) is 7.67. The molecule has 0 atom stereocenters. The minimum atomic E-state index is -0.211. The third-order valence-electron chi connectivity index (χ3n) is 4.92. The third-order valence-corrected chi connectivity index (χ3v) is 4.92. The van der Waals surface area contributed by atoms with Gasteiger partial charge >= 0.3 is 5.69 Å². The van der Waals surface area contributed by atoms with Gasteiger partial charge in [0, 0.05) is 31.9 Å². The van der Waals surface area contributed by atoms with Crippen molar-refractivity contribution in [2.75, 3.05) is 44.8 Å². The summed E-state index contributed by atoms with van der Waals surface area (Å²) in [7, 11) is 1.57. The molecule has 2 heterocycles. The van der Waals surface area contributed by atoms with Crippen LogP contribution in [-0.2, 0) is 4.79 Å². The van der Waals surface area contributed by atoms with Gasteiger partial charge in [-0.2, -0.15) is 0 Å². The fraction of sp³-hybridized carbons (Fsp3) is 0.300. The average Bonchev–Trinajstić information content (AvgIpc) is 3.11. The topological polar surface area (TPSA) is 90.7 Å². The summed E-state index contributed by atoms with van der Waals surface area (Å²) in [6, 6.07) is 13.1. The number of fused-ring (bicyclic) bond motifs is 1. The van der Waals surface area contributed by atoms with Crippen LogP contribution in [0.5, 0.6) is 11.5 Å². The van der Waals surface area contributed by atoms with Crippen molar-refractivity contribution in [3.8, 4) is 11.5 Å². The molecule has 1 saturated heterocycles. The first kappa shape index (κ1) is 18.0. The van der Waals surface area contributed by atoms with E-state index in [1.54, 1.807) is 19.2 Å². The van der Waals surface area contributed by atoms with Crippen molar-refractivity contribution in [3.05, 3.63) is 52.9 Å². The molecule has 4 rings (SSSR count).